The van der Waals surface area contributed by atoms with Gasteiger partial charge in [0.2, 0.25) is 0 Å². The number of nitrogens with zero attached hydrogens (tertiary/aromatic N) is 2. The smallest absolute Gasteiger partial charge is 0.328 e. The van der Waals surface area contributed by atoms with Crippen LogP contribution >= 0.6 is 0 Å². The maximum absolute atomic E-state index is 10.9. The van der Waals surface area contributed by atoms with Crippen LogP contribution in [0.4, 0.5) is 0 Å². The molecule has 5 rings (SSSR count). The topological polar surface area (TPSA) is 75.3 Å². The molecule has 5 heteroatoms. The van der Waals surface area contributed by atoms with Gasteiger partial charge in [0.25, 0.3) is 0 Å². The summed E-state index contributed by atoms with van der Waals surface area (Å²) in [6.07, 6.45) is 10.2. The summed E-state index contributed by atoms with van der Waals surface area (Å²) in [6, 6.07) is 27.4. The SMILES string of the molecule is O=C(O)C=Cc1ccc(C(=C(c2ccccc2)C2CCC2)c2ccc(-c3cnn(CCO)c3)cc2)cc1. The second kappa shape index (κ2) is 11.2. The second-order valence-corrected chi connectivity index (χ2v) is 9.37. The number of rotatable bonds is 9. The lowest BCUT2D eigenvalue weighted by Crippen LogP contribution is -2.15. The Bertz CT molecular complexity index is 1410. The van der Waals surface area contributed by atoms with E-state index in [1.54, 1.807) is 10.8 Å². The standard InChI is InChI=1S/C32H30N2O3/c35-20-19-34-22-29(21-33-34)24-14-16-28(17-15-24)32(27-12-9-23(10-13-27)11-18-30(36)37)31(26-7-4-8-26)25-5-2-1-3-6-25/h1-3,5-6,9-18,21-22,26,35H,4,7-8,19-20H2,(H,36,37). The number of hydrogen-bond acceptors (Lipinski definition) is 3. The molecule has 186 valence electrons. The van der Waals surface area contributed by atoms with Gasteiger partial charge in [-0.05, 0) is 63.8 Å². The molecular weight excluding hydrogens is 460 g/mol. The lowest BCUT2D eigenvalue weighted by Gasteiger charge is -2.31. The summed E-state index contributed by atoms with van der Waals surface area (Å²) in [7, 11) is 0. The zero-order chi connectivity index (χ0) is 25.6. The Morgan fingerprint density at radius 3 is 2.16 bits per heavy atom. The molecule has 0 aliphatic heterocycles. The molecule has 0 atom stereocenters. The average molecular weight is 491 g/mol. The number of carboxylic acids is 1. The molecule has 1 aliphatic rings. The fraction of sp³-hybridized carbons (Fsp3) is 0.188. The summed E-state index contributed by atoms with van der Waals surface area (Å²) < 4.78 is 1.75. The molecule has 5 nitrogen and oxygen atoms in total. The average Bonchev–Trinajstić information content (AvgIpc) is 3.36. The number of carbonyl (C=O) groups is 1. The molecule has 37 heavy (non-hydrogen) atoms. The minimum absolute atomic E-state index is 0.0581. The van der Waals surface area contributed by atoms with E-state index in [0.29, 0.717) is 12.5 Å². The zero-order valence-electron chi connectivity index (χ0n) is 20.6. The molecule has 1 heterocycles. The molecule has 1 fully saturated rings. The molecule has 0 spiro atoms. The minimum Gasteiger partial charge on any atom is -0.478 e. The monoisotopic (exact) mass is 490 g/mol. The van der Waals surface area contributed by atoms with Crippen molar-refractivity contribution in [3.63, 3.8) is 0 Å². The maximum Gasteiger partial charge on any atom is 0.328 e. The summed E-state index contributed by atoms with van der Waals surface area (Å²) in [5, 5.41) is 22.5. The van der Waals surface area contributed by atoms with E-state index in [4.69, 9.17) is 5.11 Å². The first kappa shape index (κ1) is 24.5. The number of aromatic nitrogens is 2. The zero-order valence-corrected chi connectivity index (χ0v) is 20.6. The molecule has 4 aromatic rings. The Labute approximate surface area is 217 Å². The van der Waals surface area contributed by atoms with Gasteiger partial charge in [-0.3, -0.25) is 4.68 Å². The van der Waals surface area contributed by atoms with Crippen molar-refractivity contribution < 1.29 is 15.0 Å². The number of hydrogen-bond donors (Lipinski definition) is 2. The first-order valence-electron chi connectivity index (χ1n) is 12.7. The van der Waals surface area contributed by atoms with Gasteiger partial charge < -0.3 is 10.2 Å². The van der Waals surface area contributed by atoms with Crippen molar-refractivity contribution in [3.8, 4) is 11.1 Å². The summed E-state index contributed by atoms with van der Waals surface area (Å²) in [4.78, 5) is 10.9. The van der Waals surface area contributed by atoms with Gasteiger partial charge in [0.05, 0.1) is 19.3 Å². The molecule has 0 amide bonds. The van der Waals surface area contributed by atoms with Crippen LogP contribution in [-0.4, -0.2) is 32.6 Å². The predicted molar refractivity (Wildman–Crippen MR) is 148 cm³/mol. The minimum atomic E-state index is -0.956. The van der Waals surface area contributed by atoms with Gasteiger partial charge in [-0.2, -0.15) is 5.10 Å². The quantitative estimate of drug-likeness (QED) is 0.210. The van der Waals surface area contributed by atoms with E-state index in [2.05, 4.69) is 71.8 Å². The summed E-state index contributed by atoms with van der Waals surface area (Å²) in [5.41, 5.74) is 9.02. The molecule has 3 aromatic carbocycles. The molecule has 0 radical (unpaired) electrons. The molecule has 0 saturated heterocycles. The van der Waals surface area contributed by atoms with Crippen molar-refractivity contribution >= 4 is 23.2 Å². The van der Waals surface area contributed by atoms with Gasteiger partial charge in [-0.25, -0.2) is 4.79 Å². The fourth-order valence-corrected chi connectivity index (χ4v) is 4.87. The number of aliphatic hydroxyl groups excluding tert-OH is 1. The lowest BCUT2D eigenvalue weighted by molar-refractivity contribution is -0.131. The highest BCUT2D eigenvalue weighted by molar-refractivity contribution is 6.00. The normalized spacial score (nSPS) is 14.4. The molecule has 0 bridgehead atoms. The first-order chi connectivity index (χ1) is 18.1. The van der Waals surface area contributed by atoms with Crippen LogP contribution < -0.4 is 0 Å². The van der Waals surface area contributed by atoms with E-state index >= 15 is 0 Å². The predicted octanol–water partition coefficient (Wildman–Crippen LogP) is 6.40. The van der Waals surface area contributed by atoms with Crippen LogP contribution in [0.3, 0.4) is 0 Å². The van der Waals surface area contributed by atoms with Gasteiger partial charge in [-0.1, -0.05) is 85.3 Å². The van der Waals surface area contributed by atoms with Crippen LogP contribution in [-0.2, 0) is 11.3 Å². The van der Waals surface area contributed by atoms with Gasteiger partial charge >= 0.3 is 5.97 Å². The Balaban J connectivity index is 1.60. The Morgan fingerprint density at radius 2 is 1.57 bits per heavy atom. The molecule has 2 N–H and O–H groups in total. The van der Waals surface area contributed by atoms with Crippen molar-refractivity contribution in [1.82, 2.24) is 9.78 Å². The van der Waals surface area contributed by atoms with Crippen molar-refractivity contribution in [3.05, 3.63) is 120 Å². The third kappa shape index (κ3) is 5.63. The number of carboxylic acid groups (broad SMARTS) is 1. The second-order valence-electron chi connectivity index (χ2n) is 9.37. The fourth-order valence-electron chi connectivity index (χ4n) is 4.87. The van der Waals surface area contributed by atoms with E-state index in [1.165, 1.54) is 36.0 Å². The van der Waals surface area contributed by atoms with Crippen LogP contribution in [0, 0.1) is 5.92 Å². The van der Waals surface area contributed by atoms with Crippen LogP contribution in [0.2, 0.25) is 0 Å². The van der Waals surface area contributed by atoms with E-state index in [-0.39, 0.29) is 6.61 Å². The van der Waals surface area contributed by atoms with Crippen LogP contribution in [0.1, 0.15) is 41.5 Å². The summed E-state index contributed by atoms with van der Waals surface area (Å²) in [5.74, 6) is -0.455. The maximum atomic E-state index is 10.9. The number of aliphatic carboxylic acids is 1. The third-order valence-electron chi connectivity index (χ3n) is 6.95. The highest BCUT2D eigenvalue weighted by Crippen LogP contribution is 2.45. The van der Waals surface area contributed by atoms with Crippen molar-refractivity contribution in [2.45, 2.75) is 25.8 Å². The lowest BCUT2D eigenvalue weighted by atomic mass is 9.73. The van der Waals surface area contributed by atoms with Crippen LogP contribution in [0.15, 0.2) is 97.3 Å². The van der Waals surface area contributed by atoms with Gasteiger partial charge in [0, 0.05) is 17.8 Å². The van der Waals surface area contributed by atoms with Crippen molar-refractivity contribution in [2.24, 2.45) is 5.92 Å². The molecule has 1 saturated carbocycles. The molecule has 1 aliphatic carbocycles. The van der Waals surface area contributed by atoms with Crippen LogP contribution in [0.5, 0.6) is 0 Å². The number of aliphatic hydroxyl groups is 1. The van der Waals surface area contributed by atoms with E-state index < -0.39 is 5.97 Å². The van der Waals surface area contributed by atoms with Gasteiger partial charge in [0.15, 0.2) is 0 Å². The van der Waals surface area contributed by atoms with Crippen molar-refractivity contribution in [1.29, 1.82) is 0 Å². The summed E-state index contributed by atoms with van der Waals surface area (Å²) in [6.45, 7) is 0.535. The molecule has 0 unspecified atom stereocenters. The largest absolute Gasteiger partial charge is 0.478 e. The van der Waals surface area contributed by atoms with Crippen LogP contribution in [0.25, 0.3) is 28.3 Å². The van der Waals surface area contributed by atoms with Gasteiger partial charge in [-0.15, -0.1) is 0 Å². The highest BCUT2D eigenvalue weighted by atomic mass is 16.4. The van der Waals surface area contributed by atoms with E-state index in [1.807, 2.05) is 24.5 Å². The van der Waals surface area contributed by atoms with E-state index in [0.717, 1.165) is 33.9 Å². The van der Waals surface area contributed by atoms with Crippen molar-refractivity contribution in [2.75, 3.05) is 6.61 Å². The molecule has 1 aromatic heterocycles. The number of allylic oxidation sites excluding steroid dienone is 1. The Hall–Kier alpha value is -4.22. The Kier molecular flexibility index (Phi) is 7.43. The van der Waals surface area contributed by atoms with E-state index in [9.17, 15) is 9.90 Å². The summed E-state index contributed by atoms with van der Waals surface area (Å²) >= 11 is 0. The third-order valence-corrected chi connectivity index (χ3v) is 6.95. The molecular formula is C32H30N2O3. The number of benzene rings is 3. The van der Waals surface area contributed by atoms with Gasteiger partial charge in [0.1, 0.15) is 0 Å². The first-order valence-corrected chi connectivity index (χ1v) is 12.7. The highest BCUT2D eigenvalue weighted by Gasteiger charge is 2.27. The Morgan fingerprint density at radius 1 is 0.892 bits per heavy atom.